The minimum absolute atomic E-state index is 0.740. The van der Waals surface area contributed by atoms with Crippen molar-refractivity contribution in [1.29, 1.82) is 0 Å². The van der Waals surface area contributed by atoms with Crippen molar-refractivity contribution < 1.29 is 14.2 Å². The van der Waals surface area contributed by atoms with E-state index in [4.69, 9.17) is 14.2 Å². The molecule has 0 aliphatic rings. The van der Waals surface area contributed by atoms with Crippen molar-refractivity contribution in [1.82, 2.24) is 0 Å². The summed E-state index contributed by atoms with van der Waals surface area (Å²) >= 11 is 0. The van der Waals surface area contributed by atoms with Gasteiger partial charge in [-0.15, -0.1) is 0 Å². The third-order valence-corrected chi connectivity index (χ3v) is 6.12. The smallest absolute Gasteiger partial charge is 0.161 e. The Morgan fingerprint density at radius 1 is 0.531 bits per heavy atom. The third kappa shape index (κ3) is 10.1. The lowest BCUT2D eigenvalue weighted by atomic mass is 10.1. The Hall–Kier alpha value is -1.90. The first kappa shape index (κ1) is 26.4. The second kappa shape index (κ2) is 16.7. The number of ether oxygens (including phenoxy) is 3. The molecule has 0 saturated heterocycles. The molecule has 0 amide bonds. The molecule has 2 rings (SSSR count). The maximum Gasteiger partial charge on any atom is 0.161 e. The molecule has 0 aliphatic carbocycles. The molecule has 0 heterocycles. The summed E-state index contributed by atoms with van der Waals surface area (Å²) in [4.78, 5) is 0. The number of unbranched alkanes of at least 4 members (excludes halogenated alkanes) is 12. The van der Waals surface area contributed by atoms with Crippen LogP contribution in [-0.2, 0) is 0 Å². The van der Waals surface area contributed by atoms with Crippen LogP contribution in [-0.4, -0.2) is 20.3 Å². The van der Waals surface area contributed by atoms with E-state index < -0.39 is 0 Å². The van der Waals surface area contributed by atoms with Crippen molar-refractivity contribution in [2.75, 3.05) is 20.3 Å². The Bertz CT molecular complexity index is 741. The fourth-order valence-electron chi connectivity index (χ4n) is 4.09. The zero-order valence-electron chi connectivity index (χ0n) is 20.9. The minimum Gasteiger partial charge on any atom is -0.494 e. The predicted molar refractivity (Wildman–Crippen MR) is 137 cm³/mol. The van der Waals surface area contributed by atoms with Gasteiger partial charge >= 0.3 is 0 Å². The molecular weight excluding hydrogens is 396 g/mol. The molecule has 0 aliphatic heterocycles. The maximum atomic E-state index is 6.09. The van der Waals surface area contributed by atoms with E-state index in [9.17, 15) is 0 Å². The van der Waals surface area contributed by atoms with Crippen molar-refractivity contribution in [2.45, 2.75) is 104 Å². The summed E-state index contributed by atoms with van der Waals surface area (Å²) in [5.41, 5.74) is 0. The van der Waals surface area contributed by atoms with Crippen molar-refractivity contribution in [2.24, 2.45) is 0 Å². The first-order valence-electron chi connectivity index (χ1n) is 13.2. The van der Waals surface area contributed by atoms with Gasteiger partial charge in [0.25, 0.3) is 0 Å². The Labute approximate surface area is 196 Å². The van der Waals surface area contributed by atoms with Crippen LogP contribution < -0.4 is 14.2 Å². The number of hydrogen-bond acceptors (Lipinski definition) is 3. The van der Waals surface area contributed by atoms with Gasteiger partial charge in [0.2, 0.25) is 0 Å². The topological polar surface area (TPSA) is 27.7 Å². The van der Waals surface area contributed by atoms with Crippen LogP contribution in [0.2, 0.25) is 0 Å². The lowest BCUT2D eigenvalue weighted by Crippen LogP contribution is -2.00. The molecule has 0 N–H and O–H groups in total. The molecule has 0 saturated carbocycles. The molecule has 0 atom stereocenters. The van der Waals surface area contributed by atoms with Gasteiger partial charge in [0.05, 0.1) is 20.3 Å². The Balaban J connectivity index is 1.79. The number of rotatable bonds is 19. The molecule has 180 valence electrons. The zero-order valence-corrected chi connectivity index (χ0v) is 20.9. The van der Waals surface area contributed by atoms with Crippen LogP contribution in [0.25, 0.3) is 10.8 Å². The second-order valence-electron chi connectivity index (χ2n) is 8.95. The lowest BCUT2D eigenvalue weighted by molar-refractivity contribution is 0.285. The summed E-state index contributed by atoms with van der Waals surface area (Å²) in [5.74, 6) is 2.57. The second-order valence-corrected chi connectivity index (χ2v) is 8.95. The molecule has 0 fully saturated rings. The van der Waals surface area contributed by atoms with Gasteiger partial charge in [-0.25, -0.2) is 0 Å². The van der Waals surface area contributed by atoms with E-state index in [2.05, 4.69) is 44.2 Å². The van der Waals surface area contributed by atoms with Gasteiger partial charge in [0, 0.05) is 0 Å². The average molecular weight is 443 g/mol. The molecule has 3 nitrogen and oxygen atoms in total. The first-order valence-corrected chi connectivity index (χ1v) is 13.2. The number of hydrogen-bond donors (Lipinski definition) is 0. The summed E-state index contributed by atoms with van der Waals surface area (Å²) in [6, 6.07) is 10.4. The Morgan fingerprint density at radius 2 is 1.06 bits per heavy atom. The molecule has 0 bridgehead atoms. The van der Waals surface area contributed by atoms with Gasteiger partial charge in [0.15, 0.2) is 11.5 Å². The standard InChI is InChI=1S/C29H46O3/c1-4-6-8-10-12-14-16-20-31-27-19-18-25-23-28(30-3)29(24-26(25)22-27)32-21-17-15-13-11-9-7-5-2/h18-19,22-24H,4-17,20-21H2,1-3H3. The third-order valence-electron chi connectivity index (χ3n) is 6.12. The van der Waals surface area contributed by atoms with Crippen molar-refractivity contribution >= 4 is 10.8 Å². The van der Waals surface area contributed by atoms with Gasteiger partial charge in [0.1, 0.15) is 5.75 Å². The largest absolute Gasteiger partial charge is 0.494 e. The highest BCUT2D eigenvalue weighted by atomic mass is 16.5. The average Bonchev–Trinajstić information content (AvgIpc) is 2.81. The van der Waals surface area contributed by atoms with Crippen molar-refractivity contribution in [3.05, 3.63) is 30.3 Å². The van der Waals surface area contributed by atoms with E-state index in [1.807, 2.05) is 0 Å². The van der Waals surface area contributed by atoms with Crippen molar-refractivity contribution in [3.63, 3.8) is 0 Å². The molecule has 2 aromatic carbocycles. The van der Waals surface area contributed by atoms with E-state index in [0.717, 1.165) is 54.1 Å². The van der Waals surface area contributed by atoms with Gasteiger partial charge in [-0.3, -0.25) is 0 Å². The SMILES string of the molecule is CCCCCCCCCOc1ccc2cc(OC)c(OCCCCCCCCC)cc2c1. The molecule has 0 radical (unpaired) electrons. The number of fused-ring (bicyclic) bond motifs is 1. The maximum absolute atomic E-state index is 6.09. The highest BCUT2D eigenvalue weighted by Gasteiger charge is 2.08. The van der Waals surface area contributed by atoms with E-state index >= 15 is 0 Å². The molecule has 2 aromatic rings. The van der Waals surface area contributed by atoms with Gasteiger partial charge in [-0.2, -0.15) is 0 Å². The number of methoxy groups -OCH3 is 1. The van der Waals surface area contributed by atoms with E-state index in [1.165, 1.54) is 77.0 Å². The summed E-state index contributed by atoms with van der Waals surface area (Å²) in [7, 11) is 1.71. The molecule has 0 unspecified atom stereocenters. The quantitative estimate of drug-likeness (QED) is 0.203. The van der Waals surface area contributed by atoms with Crippen LogP contribution >= 0.6 is 0 Å². The fraction of sp³-hybridized carbons (Fsp3) is 0.655. The van der Waals surface area contributed by atoms with E-state index in [1.54, 1.807) is 7.11 Å². The summed E-state index contributed by atoms with van der Waals surface area (Å²) in [5, 5.41) is 2.28. The molecular formula is C29H46O3. The summed E-state index contributed by atoms with van der Waals surface area (Å²) in [6.07, 6.45) is 18.1. The Morgan fingerprint density at radius 3 is 1.66 bits per heavy atom. The Kier molecular flexibility index (Phi) is 13.7. The van der Waals surface area contributed by atoms with Crippen LogP contribution in [0, 0.1) is 0 Å². The molecule has 3 heteroatoms. The van der Waals surface area contributed by atoms with Crippen LogP contribution in [0.1, 0.15) is 104 Å². The highest BCUT2D eigenvalue weighted by molar-refractivity contribution is 5.87. The molecule has 0 spiro atoms. The minimum atomic E-state index is 0.740. The van der Waals surface area contributed by atoms with Gasteiger partial charge in [-0.1, -0.05) is 97.0 Å². The van der Waals surface area contributed by atoms with Crippen LogP contribution in [0.4, 0.5) is 0 Å². The molecule has 32 heavy (non-hydrogen) atoms. The van der Waals surface area contributed by atoms with Gasteiger partial charge in [-0.05, 0) is 47.9 Å². The lowest BCUT2D eigenvalue weighted by Gasteiger charge is -2.13. The van der Waals surface area contributed by atoms with Crippen LogP contribution in [0.3, 0.4) is 0 Å². The summed E-state index contributed by atoms with van der Waals surface area (Å²) in [6.45, 7) is 6.05. The van der Waals surface area contributed by atoms with Gasteiger partial charge < -0.3 is 14.2 Å². The van der Waals surface area contributed by atoms with Crippen LogP contribution in [0.5, 0.6) is 17.2 Å². The van der Waals surface area contributed by atoms with E-state index in [-0.39, 0.29) is 0 Å². The monoisotopic (exact) mass is 442 g/mol. The normalized spacial score (nSPS) is 11.1. The highest BCUT2D eigenvalue weighted by Crippen LogP contribution is 2.34. The number of benzene rings is 2. The van der Waals surface area contributed by atoms with Crippen molar-refractivity contribution in [3.8, 4) is 17.2 Å². The first-order chi connectivity index (χ1) is 15.8. The van der Waals surface area contributed by atoms with Crippen LogP contribution in [0.15, 0.2) is 30.3 Å². The molecule has 0 aromatic heterocycles. The van der Waals surface area contributed by atoms with E-state index in [0.29, 0.717) is 0 Å². The predicted octanol–water partition coefficient (Wildman–Crippen LogP) is 9.11. The zero-order chi connectivity index (χ0) is 22.9. The fourth-order valence-corrected chi connectivity index (χ4v) is 4.09. The summed E-state index contributed by atoms with van der Waals surface area (Å²) < 4.78 is 17.7.